The minimum Gasteiger partial charge on any atom is -0.457 e. The molecule has 0 saturated carbocycles. The van der Waals surface area contributed by atoms with E-state index in [0.29, 0.717) is 21.2 Å². The Labute approximate surface area is 185 Å². The van der Waals surface area contributed by atoms with Gasteiger partial charge in [-0.05, 0) is 55.3 Å². The molecular formula is C22H18Cl2O5S. The van der Waals surface area contributed by atoms with E-state index in [0.717, 1.165) is 5.56 Å². The molecule has 0 heterocycles. The zero-order chi connectivity index (χ0) is 21.9. The molecule has 0 aliphatic carbocycles. The zero-order valence-electron chi connectivity index (χ0n) is 16.2. The average molecular weight is 465 g/mol. The lowest BCUT2D eigenvalue weighted by Crippen LogP contribution is -2.15. The molecule has 0 bridgehead atoms. The normalized spacial score (nSPS) is 11.2. The summed E-state index contributed by atoms with van der Waals surface area (Å²) in [5, 5.41) is 0.822. The van der Waals surface area contributed by atoms with Crippen molar-refractivity contribution in [2.24, 2.45) is 0 Å². The van der Waals surface area contributed by atoms with E-state index in [1.807, 2.05) is 6.07 Å². The van der Waals surface area contributed by atoms with Gasteiger partial charge in [0.1, 0.15) is 17.1 Å². The summed E-state index contributed by atoms with van der Waals surface area (Å²) in [5.41, 5.74) is 1.86. The number of carbonyl (C=O) groups excluding carboxylic acids is 1. The van der Waals surface area contributed by atoms with Crippen LogP contribution in [0, 0.1) is 13.8 Å². The van der Waals surface area contributed by atoms with Crippen LogP contribution in [0.3, 0.4) is 0 Å². The third-order valence-corrected chi connectivity index (χ3v) is 6.26. The van der Waals surface area contributed by atoms with Gasteiger partial charge in [-0.25, -0.2) is 4.79 Å². The molecule has 0 N–H and O–H groups in total. The molecule has 0 spiro atoms. The quantitative estimate of drug-likeness (QED) is 0.343. The summed E-state index contributed by atoms with van der Waals surface area (Å²) in [6.45, 7) is 3.35. The first-order chi connectivity index (χ1) is 14.2. The molecule has 156 valence electrons. The second-order valence-corrected chi connectivity index (χ2v) is 8.97. The maximum Gasteiger partial charge on any atom is 0.342 e. The van der Waals surface area contributed by atoms with Crippen LogP contribution in [0.1, 0.15) is 27.0 Å². The van der Waals surface area contributed by atoms with Gasteiger partial charge in [-0.1, -0.05) is 53.5 Å². The van der Waals surface area contributed by atoms with Crippen LogP contribution in [0.25, 0.3) is 0 Å². The molecule has 3 aromatic rings. The number of esters is 1. The molecular weight excluding hydrogens is 447 g/mol. The van der Waals surface area contributed by atoms with Crippen LogP contribution in [0.5, 0.6) is 5.75 Å². The first-order valence-corrected chi connectivity index (χ1v) is 11.1. The molecule has 0 amide bonds. The minimum absolute atomic E-state index is 0.0172. The van der Waals surface area contributed by atoms with Crippen LogP contribution < -0.4 is 4.18 Å². The Morgan fingerprint density at radius 1 is 0.967 bits per heavy atom. The predicted octanol–water partition coefficient (Wildman–Crippen LogP) is 5.73. The van der Waals surface area contributed by atoms with E-state index >= 15 is 0 Å². The van der Waals surface area contributed by atoms with Gasteiger partial charge in [0, 0.05) is 15.6 Å². The second kappa shape index (κ2) is 9.08. The van der Waals surface area contributed by atoms with Crippen LogP contribution in [0.2, 0.25) is 10.0 Å². The highest BCUT2D eigenvalue weighted by Crippen LogP contribution is 2.27. The first-order valence-electron chi connectivity index (χ1n) is 8.89. The van der Waals surface area contributed by atoms with Crippen LogP contribution in [-0.4, -0.2) is 14.4 Å². The van der Waals surface area contributed by atoms with Crippen molar-refractivity contribution in [1.29, 1.82) is 0 Å². The van der Waals surface area contributed by atoms with Gasteiger partial charge in [0.15, 0.2) is 5.75 Å². The molecule has 30 heavy (non-hydrogen) atoms. The molecule has 0 aliphatic heterocycles. The first kappa shape index (κ1) is 22.2. The molecule has 0 atom stereocenters. The lowest BCUT2D eigenvalue weighted by Gasteiger charge is -2.13. The molecule has 0 radical (unpaired) electrons. The summed E-state index contributed by atoms with van der Waals surface area (Å²) < 4.78 is 36.2. The molecule has 0 aliphatic rings. The largest absolute Gasteiger partial charge is 0.457 e. The average Bonchev–Trinajstić information content (AvgIpc) is 2.69. The highest BCUT2D eigenvalue weighted by atomic mass is 35.5. The second-order valence-electron chi connectivity index (χ2n) is 6.61. The lowest BCUT2D eigenvalue weighted by molar-refractivity contribution is 0.0471. The number of ether oxygens (including phenoxy) is 1. The molecule has 8 heteroatoms. The number of hydrogen-bond donors (Lipinski definition) is 0. The highest BCUT2D eigenvalue weighted by molar-refractivity contribution is 7.87. The Bertz CT molecular complexity index is 1210. The molecule has 5 nitrogen and oxygen atoms in total. The molecule has 3 aromatic carbocycles. The lowest BCUT2D eigenvalue weighted by atomic mass is 10.2. The van der Waals surface area contributed by atoms with Crippen molar-refractivity contribution in [1.82, 2.24) is 0 Å². The van der Waals surface area contributed by atoms with Gasteiger partial charge < -0.3 is 8.92 Å². The smallest absolute Gasteiger partial charge is 0.342 e. The van der Waals surface area contributed by atoms with Gasteiger partial charge in [0.25, 0.3) is 0 Å². The SMILES string of the molecule is Cc1ccc(C)c(S(=O)(=O)Oc2ccccc2C(=O)OCc2ccc(Cl)cc2Cl)c1. The number of benzene rings is 3. The van der Waals surface area contributed by atoms with Gasteiger partial charge in [0.05, 0.1) is 0 Å². The number of rotatable bonds is 6. The highest BCUT2D eigenvalue weighted by Gasteiger charge is 2.23. The van der Waals surface area contributed by atoms with Crippen molar-refractivity contribution < 1.29 is 22.1 Å². The third-order valence-electron chi connectivity index (χ3n) is 4.29. The summed E-state index contributed by atoms with van der Waals surface area (Å²) in [7, 11) is -4.14. The number of carbonyl (C=O) groups is 1. The van der Waals surface area contributed by atoms with E-state index < -0.39 is 16.1 Å². The van der Waals surface area contributed by atoms with Crippen molar-refractivity contribution in [2.75, 3.05) is 0 Å². The summed E-state index contributed by atoms with van der Waals surface area (Å²) in [6.07, 6.45) is 0. The fraction of sp³-hybridized carbons (Fsp3) is 0.136. The topological polar surface area (TPSA) is 69.7 Å². The van der Waals surface area contributed by atoms with E-state index in [9.17, 15) is 13.2 Å². The molecule has 3 rings (SSSR count). The van der Waals surface area contributed by atoms with Crippen molar-refractivity contribution in [3.8, 4) is 5.75 Å². The van der Waals surface area contributed by atoms with Gasteiger partial charge in [0.2, 0.25) is 0 Å². The third kappa shape index (κ3) is 5.14. The van der Waals surface area contributed by atoms with Crippen molar-refractivity contribution in [3.05, 3.63) is 93.0 Å². The fourth-order valence-corrected chi connectivity index (χ4v) is 4.43. The van der Waals surface area contributed by atoms with Crippen molar-refractivity contribution >= 4 is 39.3 Å². The van der Waals surface area contributed by atoms with Gasteiger partial charge in [-0.15, -0.1) is 0 Å². The van der Waals surface area contributed by atoms with Gasteiger partial charge in [-0.3, -0.25) is 0 Å². The number of hydrogen-bond acceptors (Lipinski definition) is 5. The van der Waals surface area contributed by atoms with Crippen LogP contribution in [0.15, 0.2) is 65.6 Å². The van der Waals surface area contributed by atoms with Crippen LogP contribution in [0.4, 0.5) is 0 Å². The Morgan fingerprint density at radius 3 is 2.43 bits per heavy atom. The Balaban J connectivity index is 1.83. The summed E-state index contributed by atoms with van der Waals surface area (Å²) in [5.74, 6) is -0.863. The van der Waals surface area contributed by atoms with E-state index in [1.54, 1.807) is 50.2 Å². The van der Waals surface area contributed by atoms with E-state index in [-0.39, 0.29) is 22.8 Å². The van der Waals surface area contributed by atoms with Crippen LogP contribution >= 0.6 is 23.2 Å². The maximum atomic E-state index is 12.8. The van der Waals surface area contributed by atoms with Gasteiger partial charge >= 0.3 is 16.1 Å². The van der Waals surface area contributed by atoms with Crippen molar-refractivity contribution in [3.63, 3.8) is 0 Å². The van der Waals surface area contributed by atoms with Gasteiger partial charge in [-0.2, -0.15) is 8.42 Å². The molecule has 0 aromatic heterocycles. The Hall–Kier alpha value is -2.54. The van der Waals surface area contributed by atoms with E-state index in [4.69, 9.17) is 32.1 Å². The fourth-order valence-electron chi connectivity index (χ4n) is 2.71. The molecule has 0 unspecified atom stereocenters. The molecule has 0 saturated heterocycles. The minimum atomic E-state index is -4.14. The summed E-state index contributed by atoms with van der Waals surface area (Å²) in [4.78, 5) is 12.6. The number of aryl methyl sites for hydroxylation is 2. The predicted molar refractivity (Wildman–Crippen MR) is 116 cm³/mol. The number of halogens is 2. The summed E-state index contributed by atoms with van der Waals surface area (Å²) >= 11 is 12.0. The number of para-hydroxylation sites is 1. The Kier molecular flexibility index (Phi) is 6.71. The van der Waals surface area contributed by atoms with Crippen molar-refractivity contribution in [2.45, 2.75) is 25.3 Å². The zero-order valence-corrected chi connectivity index (χ0v) is 18.5. The molecule has 0 fully saturated rings. The van der Waals surface area contributed by atoms with Crippen LogP contribution in [-0.2, 0) is 21.5 Å². The van der Waals surface area contributed by atoms with E-state index in [1.165, 1.54) is 18.2 Å². The monoisotopic (exact) mass is 464 g/mol. The van der Waals surface area contributed by atoms with E-state index in [2.05, 4.69) is 0 Å². The standard InChI is InChI=1S/C22H18Cl2O5S/c1-14-7-8-15(2)21(11-14)30(26,27)29-20-6-4-3-5-18(20)22(25)28-13-16-9-10-17(23)12-19(16)24/h3-12H,13H2,1-2H3. The maximum absolute atomic E-state index is 12.8. The Morgan fingerprint density at radius 2 is 1.70 bits per heavy atom. The summed E-state index contributed by atoms with van der Waals surface area (Å²) in [6, 6.07) is 15.8.